The molecule has 0 fully saturated rings. The van der Waals surface area contributed by atoms with Crippen LogP contribution in [0.1, 0.15) is 21.5 Å². The van der Waals surface area contributed by atoms with Crippen LogP contribution in [-0.4, -0.2) is 17.2 Å². The molecular weight excluding hydrogens is 341 g/mol. The van der Waals surface area contributed by atoms with Gasteiger partial charge in [0.15, 0.2) is 0 Å². The normalized spacial score (nSPS) is 11.1. The average Bonchev–Trinajstić information content (AvgIpc) is 2.47. The minimum Gasteiger partial charge on any atom is -0.406 e. The van der Waals surface area contributed by atoms with Crippen molar-refractivity contribution >= 4 is 17.3 Å². The van der Waals surface area contributed by atoms with Crippen LogP contribution >= 0.6 is 0 Å². The Balaban J connectivity index is 2.29. The number of amides is 1. The Morgan fingerprint density at radius 3 is 2.40 bits per heavy atom. The molecule has 0 aliphatic carbocycles. The number of nitrogens with zero attached hydrogens (tertiary/aromatic N) is 1. The lowest BCUT2D eigenvalue weighted by Gasteiger charge is -2.13. The molecule has 0 heterocycles. The maximum Gasteiger partial charge on any atom is 0.573 e. The minimum atomic E-state index is -4.82. The van der Waals surface area contributed by atoms with Crippen LogP contribution in [0.4, 0.5) is 24.5 Å². The van der Waals surface area contributed by atoms with E-state index in [1.807, 2.05) is 0 Å². The van der Waals surface area contributed by atoms with Crippen LogP contribution < -0.4 is 10.1 Å². The molecule has 1 amide bonds. The molecule has 25 heavy (non-hydrogen) atoms. The van der Waals surface area contributed by atoms with E-state index in [1.54, 1.807) is 13.0 Å². The van der Waals surface area contributed by atoms with Crippen molar-refractivity contribution in [3.8, 4) is 5.75 Å². The van der Waals surface area contributed by atoms with E-state index in [9.17, 15) is 28.1 Å². The first kappa shape index (κ1) is 18.2. The molecule has 0 radical (unpaired) electrons. The molecule has 2 aromatic carbocycles. The highest BCUT2D eigenvalue weighted by Crippen LogP contribution is 2.28. The van der Waals surface area contributed by atoms with Crippen molar-refractivity contribution in [2.75, 3.05) is 5.32 Å². The van der Waals surface area contributed by atoms with Gasteiger partial charge in [-0.3, -0.25) is 14.9 Å². The summed E-state index contributed by atoms with van der Waals surface area (Å²) in [6.07, 6.45) is -4.82. The standard InChI is InChI=1S/C16H13F3N2O4/c1-9-4-3-5-13(21(23)24)14(9)15(22)20-12-7-6-11(8-10(12)2)25-16(17,18)19/h3-8H,1-2H3,(H,20,22). The Bertz CT molecular complexity index is 835. The monoisotopic (exact) mass is 354 g/mol. The van der Waals surface area contributed by atoms with Crippen LogP contribution in [0.2, 0.25) is 0 Å². The van der Waals surface area contributed by atoms with Crippen LogP contribution in [0.5, 0.6) is 5.75 Å². The third-order valence-corrected chi connectivity index (χ3v) is 3.35. The molecule has 0 aliphatic rings. The second-order valence-electron chi connectivity index (χ2n) is 5.20. The van der Waals surface area contributed by atoms with E-state index in [0.29, 0.717) is 11.1 Å². The van der Waals surface area contributed by atoms with Gasteiger partial charge in [0.25, 0.3) is 11.6 Å². The molecule has 0 spiro atoms. The third-order valence-electron chi connectivity index (χ3n) is 3.35. The summed E-state index contributed by atoms with van der Waals surface area (Å²) in [6, 6.07) is 7.60. The molecule has 0 saturated heterocycles. The molecule has 1 N–H and O–H groups in total. The maximum absolute atomic E-state index is 12.4. The molecule has 2 rings (SSSR count). The highest BCUT2D eigenvalue weighted by molar-refractivity contribution is 6.08. The van der Waals surface area contributed by atoms with Crippen molar-refractivity contribution in [3.63, 3.8) is 0 Å². The van der Waals surface area contributed by atoms with E-state index < -0.39 is 22.9 Å². The molecule has 0 saturated carbocycles. The smallest absolute Gasteiger partial charge is 0.406 e. The van der Waals surface area contributed by atoms with Gasteiger partial charge in [0.2, 0.25) is 0 Å². The number of benzene rings is 2. The Kier molecular flexibility index (Phi) is 4.96. The minimum absolute atomic E-state index is 0.109. The zero-order chi connectivity index (χ0) is 18.8. The number of hydrogen-bond donors (Lipinski definition) is 1. The van der Waals surface area contributed by atoms with Gasteiger partial charge in [0.05, 0.1) is 4.92 Å². The summed E-state index contributed by atoms with van der Waals surface area (Å²) in [4.78, 5) is 22.8. The summed E-state index contributed by atoms with van der Waals surface area (Å²) in [6.45, 7) is 3.03. The van der Waals surface area contributed by atoms with E-state index in [4.69, 9.17) is 0 Å². The van der Waals surface area contributed by atoms with Crippen LogP contribution in [0.3, 0.4) is 0 Å². The van der Waals surface area contributed by atoms with Gasteiger partial charge in [-0.1, -0.05) is 12.1 Å². The molecule has 9 heteroatoms. The van der Waals surface area contributed by atoms with Crippen LogP contribution in [0.15, 0.2) is 36.4 Å². The molecule has 0 unspecified atom stereocenters. The lowest BCUT2D eigenvalue weighted by atomic mass is 10.1. The van der Waals surface area contributed by atoms with Gasteiger partial charge >= 0.3 is 6.36 Å². The van der Waals surface area contributed by atoms with Crippen molar-refractivity contribution in [2.24, 2.45) is 0 Å². The topological polar surface area (TPSA) is 81.5 Å². The van der Waals surface area contributed by atoms with Gasteiger partial charge in [0, 0.05) is 11.8 Å². The molecule has 0 aliphatic heterocycles. The predicted molar refractivity (Wildman–Crippen MR) is 83.6 cm³/mol. The van der Waals surface area contributed by atoms with Crippen molar-refractivity contribution in [1.82, 2.24) is 0 Å². The van der Waals surface area contributed by atoms with E-state index in [-0.39, 0.29) is 16.9 Å². The predicted octanol–water partition coefficient (Wildman–Crippen LogP) is 4.36. The lowest BCUT2D eigenvalue weighted by Crippen LogP contribution is -2.18. The van der Waals surface area contributed by atoms with E-state index >= 15 is 0 Å². The number of hydrogen-bond acceptors (Lipinski definition) is 4. The second kappa shape index (κ2) is 6.80. The largest absolute Gasteiger partial charge is 0.573 e. The number of nitro benzene ring substituents is 1. The zero-order valence-electron chi connectivity index (χ0n) is 13.2. The SMILES string of the molecule is Cc1cc(OC(F)(F)F)ccc1NC(=O)c1c(C)cccc1[N+](=O)[O-]. The van der Waals surface area contributed by atoms with Gasteiger partial charge in [0.1, 0.15) is 11.3 Å². The summed E-state index contributed by atoms with van der Waals surface area (Å²) >= 11 is 0. The first-order valence-corrected chi connectivity index (χ1v) is 7.00. The lowest BCUT2D eigenvalue weighted by molar-refractivity contribution is -0.385. The number of ether oxygens (including phenoxy) is 1. The first-order chi connectivity index (χ1) is 11.6. The summed E-state index contributed by atoms with van der Waals surface area (Å²) < 4.78 is 40.4. The number of carbonyl (C=O) groups is 1. The van der Waals surface area contributed by atoms with Crippen molar-refractivity contribution < 1.29 is 27.6 Å². The molecular formula is C16H13F3N2O4. The fourth-order valence-electron chi connectivity index (χ4n) is 2.26. The molecule has 0 atom stereocenters. The van der Waals surface area contributed by atoms with Crippen LogP contribution in [0, 0.1) is 24.0 Å². The Labute approximate surface area is 140 Å². The highest BCUT2D eigenvalue weighted by atomic mass is 19.4. The average molecular weight is 354 g/mol. The Morgan fingerprint density at radius 1 is 1.16 bits per heavy atom. The highest BCUT2D eigenvalue weighted by Gasteiger charge is 2.31. The number of aryl methyl sites for hydroxylation is 2. The molecule has 6 nitrogen and oxygen atoms in total. The fourth-order valence-corrected chi connectivity index (χ4v) is 2.26. The summed E-state index contributed by atoms with van der Waals surface area (Å²) in [5.74, 6) is -1.15. The zero-order valence-corrected chi connectivity index (χ0v) is 13.2. The van der Waals surface area contributed by atoms with Crippen LogP contribution in [-0.2, 0) is 0 Å². The Morgan fingerprint density at radius 2 is 1.84 bits per heavy atom. The first-order valence-electron chi connectivity index (χ1n) is 7.00. The fraction of sp³-hybridized carbons (Fsp3) is 0.188. The summed E-state index contributed by atoms with van der Waals surface area (Å²) in [7, 11) is 0. The number of nitrogens with one attached hydrogen (secondary N) is 1. The molecule has 132 valence electrons. The maximum atomic E-state index is 12.4. The second-order valence-corrected chi connectivity index (χ2v) is 5.20. The third kappa shape index (κ3) is 4.46. The van der Waals surface area contributed by atoms with E-state index in [1.165, 1.54) is 25.1 Å². The van der Waals surface area contributed by atoms with Gasteiger partial charge in [-0.05, 0) is 43.2 Å². The van der Waals surface area contributed by atoms with Crippen LogP contribution in [0.25, 0.3) is 0 Å². The quantitative estimate of drug-likeness (QED) is 0.653. The van der Waals surface area contributed by atoms with Gasteiger partial charge in [-0.25, -0.2) is 0 Å². The molecule has 0 bridgehead atoms. The number of anilines is 1. The van der Waals surface area contributed by atoms with Gasteiger partial charge in [-0.15, -0.1) is 13.2 Å². The number of alkyl halides is 3. The number of nitro groups is 1. The number of carbonyl (C=O) groups excluding carboxylic acids is 1. The van der Waals surface area contributed by atoms with E-state index in [0.717, 1.165) is 12.1 Å². The van der Waals surface area contributed by atoms with Crippen molar-refractivity contribution in [1.29, 1.82) is 0 Å². The Hall–Kier alpha value is -3.10. The van der Waals surface area contributed by atoms with Gasteiger partial charge in [-0.2, -0.15) is 0 Å². The van der Waals surface area contributed by atoms with Crippen molar-refractivity contribution in [2.45, 2.75) is 20.2 Å². The molecule has 0 aromatic heterocycles. The summed E-state index contributed by atoms with van der Waals surface area (Å²) in [5.41, 5.74) is 0.472. The number of rotatable bonds is 4. The summed E-state index contributed by atoms with van der Waals surface area (Å²) in [5, 5.41) is 13.6. The van der Waals surface area contributed by atoms with Gasteiger partial charge < -0.3 is 10.1 Å². The van der Waals surface area contributed by atoms with Crippen molar-refractivity contribution in [3.05, 3.63) is 63.2 Å². The number of halogens is 3. The van der Waals surface area contributed by atoms with E-state index in [2.05, 4.69) is 10.1 Å². The molecule has 2 aromatic rings.